The van der Waals surface area contributed by atoms with Gasteiger partial charge in [-0.15, -0.1) is 0 Å². The van der Waals surface area contributed by atoms with E-state index in [-0.39, 0.29) is 0 Å². The molecule has 10 aromatic carbocycles. The Morgan fingerprint density at radius 2 is 0.631 bits per heavy atom. The van der Waals surface area contributed by atoms with Gasteiger partial charge in [0.25, 0.3) is 0 Å². The molecule has 386 valence electrons. The van der Waals surface area contributed by atoms with E-state index in [0.717, 1.165) is 121 Å². The van der Waals surface area contributed by atoms with E-state index < -0.39 is 0 Å². The van der Waals surface area contributed by atoms with Crippen LogP contribution >= 0.6 is 0 Å². The second kappa shape index (κ2) is 18.5. The molecule has 0 radical (unpaired) electrons. The summed E-state index contributed by atoms with van der Waals surface area (Å²) in [5, 5.41) is 69.5. The van der Waals surface area contributed by atoms with Crippen LogP contribution in [0.1, 0.15) is 44.5 Å². The summed E-state index contributed by atoms with van der Waals surface area (Å²) < 4.78 is 8.83. The van der Waals surface area contributed by atoms with Crippen LogP contribution < -0.4 is 0 Å². The average Bonchev–Trinajstić information content (AvgIpc) is 2.20. The summed E-state index contributed by atoms with van der Waals surface area (Å²) in [5.74, 6) is 0.496. The molecule has 0 unspecified atom stereocenters. The molecule has 0 aliphatic heterocycles. The number of hydrogen-bond acceptors (Lipinski definition) is 7. The molecule has 84 heavy (non-hydrogen) atoms. The fourth-order valence-corrected chi connectivity index (χ4v) is 12.9. The van der Waals surface area contributed by atoms with E-state index in [0.29, 0.717) is 56.3 Å². The van der Waals surface area contributed by atoms with Crippen LogP contribution in [-0.4, -0.2) is 23.3 Å². The average molecular weight is 1070 g/mol. The fourth-order valence-electron chi connectivity index (χ4n) is 12.9. The lowest BCUT2D eigenvalue weighted by molar-refractivity contribution is 1.01. The number of hydrogen-bond donors (Lipinski definition) is 0. The number of nitriles is 6. The van der Waals surface area contributed by atoms with Gasteiger partial charge >= 0.3 is 0 Å². The largest absolute Gasteiger partial charge is 0.309 e. The summed E-state index contributed by atoms with van der Waals surface area (Å²) >= 11 is 0. The molecular weight excluding hydrogens is 1030 g/mol. The van der Waals surface area contributed by atoms with Crippen molar-refractivity contribution in [1.82, 2.24) is 23.3 Å². The normalized spacial score (nSPS) is 11.4. The minimum absolute atomic E-state index is 0.444. The molecule has 0 amide bonds. The molecule has 0 saturated carbocycles. The summed E-state index contributed by atoms with van der Waals surface area (Å²) in [4.78, 5) is 6.14. The highest BCUT2D eigenvalue weighted by atomic mass is 15.1. The van der Waals surface area contributed by atoms with Crippen molar-refractivity contribution in [2.45, 2.75) is 13.8 Å². The minimum Gasteiger partial charge on any atom is -0.309 e. The first-order valence-electron chi connectivity index (χ1n) is 27.1. The zero-order valence-corrected chi connectivity index (χ0v) is 45.0. The SMILES string of the molecule is Cc1cc(C)cc(-c2c(-n3c4ccc(C#N)cc4c4cc(C#N)ccc43)c(-c3ccc(-n4c5ccccc5c5ccccc54)cc3)nc(-n3c4ccc(C#N)cc4c4cc(C#N)ccc43)c2-n2c3ccc(C#N)cc3c3cc(C#N)ccc32)c1. The first-order chi connectivity index (χ1) is 41.2. The van der Waals surface area contributed by atoms with Crippen molar-refractivity contribution in [3.63, 3.8) is 0 Å². The van der Waals surface area contributed by atoms with Crippen LogP contribution in [0.5, 0.6) is 0 Å². The van der Waals surface area contributed by atoms with Crippen LogP contribution in [0.4, 0.5) is 0 Å². The van der Waals surface area contributed by atoms with Crippen LogP contribution in [0, 0.1) is 81.8 Å². The Morgan fingerprint density at radius 3 is 1.00 bits per heavy atom. The lowest BCUT2D eigenvalue weighted by Gasteiger charge is -2.26. The predicted molar refractivity (Wildman–Crippen MR) is 330 cm³/mol. The monoisotopic (exact) mass is 1070 g/mol. The molecular formula is C73H39N11. The Morgan fingerprint density at radius 1 is 0.298 bits per heavy atom. The van der Waals surface area contributed by atoms with Crippen molar-refractivity contribution < 1.29 is 0 Å². The Balaban J connectivity index is 1.21. The van der Waals surface area contributed by atoms with Crippen molar-refractivity contribution in [2.75, 3.05) is 0 Å². The number of benzene rings is 10. The van der Waals surface area contributed by atoms with E-state index in [9.17, 15) is 31.6 Å². The van der Waals surface area contributed by atoms with E-state index in [1.165, 1.54) is 0 Å². The first-order valence-corrected chi connectivity index (χ1v) is 27.1. The quantitative estimate of drug-likeness (QED) is 0.159. The van der Waals surface area contributed by atoms with E-state index in [1.54, 1.807) is 24.3 Å². The third-order valence-electron chi connectivity index (χ3n) is 16.3. The number of aryl methyl sites for hydroxylation is 2. The van der Waals surface area contributed by atoms with E-state index >= 15 is 0 Å². The fraction of sp³-hybridized carbons (Fsp3) is 0.0274. The Hall–Kier alpha value is -12.5. The molecule has 5 heterocycles. The summed E-state index contributed by atoms with van der Waals surface area (Å²) in [6.45, 7) is 4.17. The number of rotatable bonds is 6. The molecule has 0 spiro atoms. The van der Waals surface area contributed by atoms with E-state index in [2.05, 4.69) is 160 Å². The summed E-state index contributed by atoms with van der Waals surface area (Å²) in [6.07, 6.45) is 0. The van der Waals surface area contributed by atoms with Gasteiger partial charge in [-0.05, 0) is 153 Å². The van der Waals surface area contributed by atoms with Crippen molar-refractivity contribution in [3.8, 4) is 81.7 Å². The maximum Gasteiger partial charge on any atom is 0.163 e. The topological polar surface area (TPSA) is 175 Å². The molecule has 0 N–H and O–H groups in total. The van der Waals surface area contributed by atoms with Gasteiger partial charge in [-0.1, -0.05) is 77.9 Å². The first kappa shape index (κ1) is 48.6. The minimum atomic E-state index is 0.444. The van der Waals surface area contributed by atoms with Gasteiger partial charge in [-0.25, -0.2) is 4.98 Å². The van der Waals surface area contributed by atoms with Crippen molar-refractivity contribution in [1.29, 1.82) is 31.6 Å². The van der Waals surface area contributed by atoms with Crippen LogP contribution in [0.15, 0.2) is 200 Å². The maximum atomic E-state index is 10.5. The van der Waals surface area contributed by atoms with Crippen LogP contribution in [0.25, 0.3) is 132 Å². The number of fused-ring (bicyclic) bond motifs is 12. The molecule has 11 nitrogen and oxygen atoms in total. The molecule has 5 aromatic heterocycles. The van der Waals surface area contributed by atoms with E-state index in [1.807, 2.05) is 84.9 Å². The highest BCUT2D eigenvalue weighted by Crippen LogP contribution is 2.50. The molecule has 0 bridgehead atoms. The predicted octanol–water partition coefficient (Wildman–Crippen LogP) is 16.7. The second-order valence-electron chi connectivity index (χ2n) is 21.2. The van der Waals surface area contributed by atoms with Gasteiger partial charge in [-0.2, -0.15) is 31.6 Å². The highest BCUT2D eigenvalue weighted by molar-refractivity contribution is 6.16. The van der Waals surface area contributed by atoms with Gasteiger partial charge in [0, 0.05) is 59.9 Å². The zero-order chi connectivity index (χ0) is 57.1. The van der Waals surface area contributed by atoms with Gasteiger partial charge in [-0.3, -0.25) is 4.57 Å². The van der Waals surface area contributed by atoms with E-state index in [4.69, 9.17) is 4.98 Å². The molecule has 0 atom stereocenters. The molecule has 15 aromatic rings. The lowest BCUT2D eigenvalue weighted by atomic mass is 9.94. The standard InChI is InChI=1S/C73H39N11/c1-42-27-43(2)29-51(28-42)69-71(82-63-21-11-44(36-74)30-55(63)56-31-45(37-75)12-22-64(56)82)70(50-17-19-52(20-18-50)81-61-9-5-3-7-53(61)54-8-4-6-10-62(54)81)80-73(84-67-25-15-48(40-78)34-59(67)60-35-49(41-79)16-26-68(60)84)72(69)83-65-23-13-46(38-76)32-57(65)58-33-47(39-77)14-24-66(58)83/h3-35H,1-2H3. The van der Waals surface area contributed by atoms with Crippen molar-refractivity contribution in [3.05, 3.63) is 245 Å². The van der Waals surface area contributed by atoms with Crippen LogP contribution in [-0.2, 0) is 0 Å². The molecule has 0 saturated heterocycles. The summed E-state index contributed by atoms with van der Waals surface area (Å²) in [6, 6.07) is 79.7. The van der Waals surface area contributed by atoms with Gasteiger partial charge < -0.3 is 13.7 Å². The molecule has 11 heteroatoms. The smallest absolute Gasteiger partial charge is 0.163 e. The number of aromatic nitrogens is 5. The van der Waals surface area contributed by atoms with Crippen molar-refractivity contribution >= 4 is 87.2 Å². The zero-order valence-electron chi connectivity index (χ0n) is 45.0. The van der Waals surface area contributed by atoms with Gasteiger partial charge in [0.1, 0.15) is 0 Å². The van der Waals surface area contributed by atoms with Crippen LogP contribution in [0.2, 0.25) is 0 Å². The lowest BCUT2D eigenvalue weighted by Crippen LogP contribution is -2.13. The Labute approximate surface area is 479 Å². The molecule has 15 rings (SSSR count). The third kappa shape index (κ3) is 7.15. The number of nitrogens with zero attached hydrogens (tertiary/aromatic N) is 11. The summed E-state index contributed by atoms with van der Waals surface area (Å²) in [7, 11) is 0. The number of para-hydroxylation sites is 2. The third-order valence-corrected chi connectivity index (χ3v) is 16.3. The van der Waals surface area contributed by atoms with Gasteiger partial charge in [0.05, 0.1) is 131 Å². The highest BCUT2D eigenvalue weighted by Gasteiger charge is 2.32. The number of pyridine rings is 1. The van der Waals surface area contributed by atoms with Gasteiger partial charge in [0.15, 0.2) is 5.82 Å². The maximum absolute atomic E-state index is 10.5. The Bertz CT molecular complexity index is 5430. The Kier molecular flexibility index (Phi) is 10.7. The summed E-state index contributed by atoms with van der Waals surface area (Å²) in [5.41, 5.74) is 16.5. The molecule has 0 aliphatic carbocycles. The second-order valence-corrected chi connectivity index (χ2v) is 21.2. The van der Waals surface area contributed by atoms with Crippen molar-refractivity contribution in [2.24, 2.45) is 0 Å². The van der Waals surface area contributed by atoms with Gasteiger partial charge in [0.2, 0.25) is 0 Å². The van der Waals surface area contributed by atoms with Crippen LogP contribution in [0.3, 0.4) is 0 Å². The molecule has 0 aliphatic rings. The molecule has 0 fully saturated rings.